The van der Waals surface area contributed by atoms with Crippen LogP contribution in [0.15, 0.2) is 59.0 Å². The van der Waals surface area contributed by atoms with Gasteiger partial charge in [-0.2, -0.15) is 5.10 Å². The van der Waals surface area contributed by atoms with Crippen LogP contribution in [0.25, 0.3) is 0 Å². The maximum atomic E-state index is 13.2. The van der Waals surface area contributed by atoms with Gasteiger partial charge >= 0.3 is 0 Å². The number of ether oxygens (including phenoxy) is 1. The summed E-state index contributed by atoms with van der Waals surface area (Å²) < 4.78 is 63.9. The summed E-state index contributed by atoms with van der Waals surface area (Å²) in [5.41, 5.74) is -1.18. The number of carbonyl (C=O) groups excluding carboxylic acids is 1. The van der Waals surface area contributed by atoms with E-state index in [1.165, 1.54) is 24.3 Å². The molecule has 38 heavy (non-hydrogen) atoms. The molecule has 2 aromatic heterocycles. The summed E-state index contributed by atoms with van der Waals surface area (Å²) in [5, 5.41) is 17.8. The summed E-state index contributed by atoms with van der Waals surface area (Å²) in [7, 11) is 0. The number of nitro groups is 1. The highest BCUT2D eigenvalue weighted by atomic mass is 35.5. The molecule has 0 spiro atoms. The molecule has 0 aliphatic rings. The summed E-state index contributed by atoms with van der Waals surface area (Å²) in [4.78, 5) is 23.4. The number of hydrogen-bond donors (Lipinski definition) is 1. The van der Waals surface area contributed by atoms with Crippen LogP contribution in [0.1, 0.15) is 46.1 Å². The minimum Gasteiger partial charge on any atom is -0.457 e. The second kappa shape index (κ2) is 10.9. The minimum absolute atomic E-state index is 0.0106. The molecule has 0 unspecified atom stereocenters. The van der Waals surface area contributed by atoms with Gasteiger partial charge in [-0.05, 0) is 48.9 Å². The van der Waals surface area contributed by atoms with Gasteiger partial charge in [-0.3, -0.25) is 19.6 Å². The Morgan fingerprint density at radius 3 is 2.53 bits per heavy atom. The Labute approximate surface area is 216 Å². The topological polar surface area (TPSA) is 112 Å². The average Bonchev–Trinajstić information content (AvgIpc) is 3.49. The number of aryl methyl sites for hydroxylation is 1. The van der Waals surface area contributed by atoms with Gasteiger partial charge in [0.2, 0.25) is 0 Å². The molecule has 0 fully saturated rings. The maximum Gasteiger partial charge on any atom is 0.291 e. The van der Waals surface area contributed by atoms with E-state index in [1.807, 2.05) is 0 Å². The molecule has 1 N–H and O–H groups in total. The van der Waals surface area contributed by atoms with Gasteiger partial charge in [-0.25, -0.2) is 17.6 Å². The predicted octanol–water partition coefficient (Wildman–Crippen LogP) is 7.31. The SMILES string of the molecule is Cc1cc(Oc2cc(NC(=O)c3ccc(Cn4nc(C(F)F)cc4C(F)F)o3)cc([N+](=O)[O-])c2)ccc1Cl. The maximum absolute atomic E-state index is 13.2. The molecule has 0 saturated heterocycles. The van der Waals surface area contributed by atoms with E-state index in [9.17, 15) is 32.5 Å². The smallest absolute Gasteiger partial charge is 0.291 e. The lowest BCUT2D eigenvalue weighted by atomic mass is 10.2. The third-order valence-electron chi connectivity index (χ3n) is 5.19. The number of anilines is 1. The van der Waals surface area contributed by atoms with Crippen LogP contribution in [0.5, 0.6) is 11.5 Å². The molecule has 14 heteroatoms. The summed E-state index contributed by atoms with van der Waals surface area (Å²) >= 11 is 6.00. The van der Waals surface area contributed by atoms with Gasteiger partial charge in [-0.15, -0.1) is 0 Å². The monoisotopic (exact) mass is 552 g/mol. The number of amides is 1. The number of alkyl halides is 4. The van der Waals surface area contributed by atoms with E-state index in [0.717, 1.165) is 11.6 Å². The number of hydrogen-bond acceptors (Lipinski definition) is 6. The van der Waals surface area contributed by atoms with Crippen LogP contribution in [-0.4, -0.2) is 20.6 Å². The second-order valence-electron chi connectivity index (χ2n) is 7.96. The number of non-ortho nitro benzene ring substituents is 1. The second-order valence-corrected chi connectivity index (χ2v) is 8.37. The van der Waals surface area contributed by atoms with E-state index >= 15 is 0 Å². The third-order valence-corrected chi connectivity index (χ3v) is 5.62. The lowest BCUT2D eigenvalue weighted by molar-refractivity contribution is -0.384. The van der Waals surface area contributed by atoms with Crippen molar-refractivity contribution in [1.29, 1.82) is 0 Å². The van der Waals surface area contributed by atoms with E-state index in [2.05, 4.69) is 10.4 Å². The van der Waals surface area contributed by atoms with Crippen LogP contribution >= 0.6 is 11.6 Å². The van der Waals surface area contributed by atoms with Crippen molar-refractivity contribution < 1.29 is 36.4 Å². The Morgan fingerprint density at radius 1 is 1.11 bits per heavy atom. The zero-order valence-corrected chi connectivity index (χ0v) is 20.1. The van der Waals surface area contributed by atoms with Crippen LogP contribution in [-0.2, 0) is 6.54 Å². The van der Waals surface area contributed by atoms with Crippen LogP contribution in [0.2, 0.25) is 5.02 Å². The number of nitro benzene ring substituents is 1. The summed E-state index contributed by atoms with van der Waals surface area (Å²) in [6, 6.07) is 11.5. The van der Waals surface area contributed by atoms with Crippen molar-refractivity contribution in [3.63, 3.8) is 0 Å². The first kappa shape index (κ1) is 26.7. The molecular formula is C24H17ClF4N4O5. The number of halogens is 5. The Kier molecular flexibility index (Phi) is 7.67. The van der Waals surface area contributed by atoms with Gasteiger partial charge < -0.3 is 14.5 Å². The summed E-state index contributed by atoms with van der Waals surface area (Å²) in [6.45, 7) is 1.32. The van der Waals surface area contributed by atoms with E-state index in [1.54, 1.807) is 25.1 Å². The van der Waals surface area contributed by atoms with Crippen molar-refractivity contribution >= 4 is 28.9 Å². The normalized spacial score (nSPS) is 11.3. The predicted molar refractivity (Wildman–Crippen MR) is 127 cm³/mol. The molecule has 4 aromatic rings. The summed E-state index contributed by atoms with van der Waals surface area (Å²) in [5.74, 6) is -0.668. The van der Waals surface area contributed by atoms with Gasteiger partial charge in [0.15, 0.2) is 5.76 Å². The fourth-order valence-electron chi connectivity index (χ4n) is 3.42. The van der Waals surface area contributed by atoms with Crippen molar-refractivity contribution in [2.24, 2.45) is 0 Å². The zero-order valence-electron chi connectivity index (χ0n) is 19.3. The van der Waals surface area contributed by atoms with E-state index in [-0.39, 0.29) is 28.6 Å². The van der Waals surface area contributed by atoms with Crippen molar-refractivity contribution in [1.82, 2.24) is 9.78 Å². The molecule has 2 heterocycles. The largest absolute Gasteiger partial charge is 0.457 e. The molecule has 9 nitrogen and oxygen atoms in total. The van der Waals surface area contributed by atoms with Gasteiger partial charge in [0.25, 0.3) is 24.4 Å². The fourth-order valence-corrected chi connectivity index (χ4v) is 3.54. The average molecular weight is 553 g/mol. The van der Waals surface area contributed by atoms with Gasteiger partial charge in [0.1, 0.15) is 28.6 Å². The quantitative estimate of drug-likeness (QED) is 0.132. The lowest BCUT2D eigenvalue weighted by Gasteiger charge is -2.10. The molecule has 2 aromatic carbocycles. The molecule has 0 radical (unpaired) electrons. The highest BCUT2D eigenvalue weighted by Gasteiger charge is 2.22. The minimum atomic E-state index is -3.06. The Bertz CT molecular complexity index is 1500. The van der Waals surface area contributed by atoms with Crippen LogP contribution in [0.4, 0.5) is 28.9 Å². The highest BCUT2D eigenvalue weighted by molar-refractivity contribution is 6.31. The molecule has 4 rings (SSSR count). The Balaban J connectivity index is 1.53. The van der Waals surface area contributed by atoms with Crippen molar-refractivity contribution in [2.75, 3.05) is 5.32 Å². The van der Waals surface area contributed by atoms with Crippen LogP contribution in [0, 0.1) is 17.0 Å². The molecule has 0 bridgehead atoms. The molecule has 198 valence electrons. The van der Waals surface area contributed by atoms with Gasteiger partial charge in [0, 0.05) is 17.2 Å². The van der Waals surface area contributed by atoms with Crippen molar-refractivity contribution in [3.05, 3.63) is 98.2 Å². The van der Waals surface area contributed by atoms with E-state index < -0.39 is 41.6 Å². The number of rotatable bonds is 9. The number of furan rings is 1. The van der Waals surface area contributed by atoms with Gasteiger partial charge in [0.05, 0.1) is 23.2 Å². The first-order valence-electron chi connectivity index (χ1n) is 10.8. The molecule has 0 aliphatic carbocycles. The zero-order chi connectivity index (χ0) is 27.6. The molecular weight excluding hydrogens is 536 g/mol. The van der Waals surface area contributed by atoms with Crippen LogP contribution < -0.4 is 10.1 Å². The number of aromatic nitrogens is 2. The number of benzene rings is 2. The Morgan fingerprint density at radius 2 is 1.87 bits per heavy atom. The fraction of sp³-hybridized carbons (Fsp3) is 0.167. The van der Waals surface area contributed by atoms with Gasteiger partial charge in [-0.1, -0.05) is 11.6 Å². The Hall–Kier alpha value is -4.39. The third kappa shape index (κ3) is 6.11. The summed E-state index contributed by atoms with van der Waals surface area (Å²) in [6.07, 6.45) is -6.10. The van der Waals surface area contributed by atoms with Crippen molar-refractivity contribution in [3.8, 4) is 11.5 Å². The van der Waals surface area contributed by atoms with E-state index in [4.69, 9.17) is 20.8 Å². The molecule has 0 aliphatic heterocycles. The standard InChI is InChI=1S/C24H17ClF4N4O5/c1-12-6-15(2-4-18(12)25)37-17-8-13(7-14(9-17)33(35)36)30-24(34)21-5-3-16(38-21)11-32-20(23(28)29)10-19(31-32)22(26)27/h2-10,22-23H,11H2,1H3,(H,30,34). The first-order valence-corrected chi connectivity index (χ1v) is 11.2. The number of carbonyl (C=O) groups is 1. The van der Waals surface area contributed by atoms with E-state index in [0.29, 0.717) is 21.5 Å². The first-order chi connectivity index (χ1) is 18.0. The molecule has 0 saturated carbocycles. The molecule has 0 atom stereocenters. The van der Waals surface area contributed by atoms with Crippen molar-refractivity contribution in [2.45, 2.75) is 26.3 Å². The lowest BCUT2D eigenvalue weighted by Crippen LogP contribution is -2.11. The highest BCUT2D eigenvalue weighted by Crippen LogP contribution is 2.32. The number of nitrogens with zero attached hydrogens (tertiary/aromatic N) is 3. The molecule has 1 amide bonds. The number of nitrogens with one attached hydrogen (secondary N) is 1. The van der Waals surface area contributed by atoms with Crippen LogP contribution in [0.3, 0.4) is 0 Å².